The van der Waals surface area contributed by atoms with Crippen molar-refractivity contribution in [1.29, 1.82) is 0 Å². The smallest absolute Gasteiger partial charge is 0.290 e. The van der Waals surface area contributed by atoms with Gasteiger partial charge in [-0.2, -0.15) is 0 Å². The Labute approximate surface area is 221 Å². The Balaban J connectivity index is 0.00000306. The fourth-order valence-corrected chi connectivity index (χ4v) is 4.69. The number of aliphatic hydroxyl groups is 1. The number of imidazole rings is 1. The molecule has 0 spiro atoms. The highest BCUT2D eigenvalue weighted by molar-refractivity contribution is 5.95. The fraction of sp³-hybridized carbons (Fsp3) is 0.680. The van der Waals surface area contributed by atoms with Gasteiger partial charge in [0.05, 0.1) is 23.7 Å². The molecule has 8 nitrogen and oxygen atoms in total. The zero-order chi connectivity index (χ0) is 23.8. The molecule has 1 aromatic heterocycles. The zero-order valence-electron chi connectivity index (χ0n) is 21.3. The van der Waals surface area contributed by atoms with Crippen molar-refractivity contribution < 1.29 is 19.4 Å². The number of rotatable bonds is 12. The van der Waals surface area contributed by atoms with Crippen LogP contribution in [0.1, 0.15) is 43.7 Å². The molecule has 0 saturated carbocycles. The van der Waals surface area contributed by atoms with Crippen molar-refractivity contribution in [2.24, 2.45) is 11.8 Å². The van der Waals surface area contributed by atoms with Gasteiger partial charge >= 0.3 is 0 Å². The average molecular weight is 534 g/mol. The lowest BCUT2D eigenvalue weighted by Crippen LogP contribution is -2.54. The number of piperidine rings is 1. The molecule has 1 amide bonds. The Hall–Kier alpha value is -1.42. The van der Waals surface area contributed by atoms with Gasteiger partial charge in [-0.05, 0) is 37.3 Å². The minimum atomic E-state index is -0.549. The summed E-state index contributed by atoms with van der Waals surface area (Å²) in [6.07, 6.45) is 2.03. The molecule has 0 bridgehead atoms. The number of aryl methyl sites for hydroxylation is 1. The van der Waals surface area contributed by atoms with Crippen LogP contribution in [-0.2, 0) is 16.0 Å². The quantitative estimate of drug-likeness (QED) is 0.407. The summed E-state index contributed by atoms with van der Waals surface area (Å²) in [5.74, 6) is 0.811. The van der Waals surface area contributed by atoms with E-state index in [1.165, 1.54) is 0 Å². The summed E-state index contributed by atoms with van der Waals surface area (Å²) in [5, 5.41) is 13.9. The Morgan fingerprint density at radius 3 is 2.63 bits per heavy atom. The second kappa shape index (κ2) is 15.6. The third kappa shape index (κ3) is 8.30. The van der Waals surface area contributed by atoms with Crippen molar-refractivity contribution in [2.45, 2.75) is 51.8 Å². The molecule has 1 fully saturated rings. The molecule has 1 aromatic carbocycles. The maximum Gasteiger partial charge on any atom is 0.290 e. The number of hydrogen-bond acceptors (Lipinski definition) is 6. The standard InChI is InChI=1S/C25H40N4O4.2ClH/c1-18(2)16-29(20-13-19(14-26-15-20)23(30)17-33-4)25(31)24-27-21-9-5-6-10-22(21)28(24)11-7-8-12-32-3;;/h5-6,9-10,18-20,23,26,30H,7-8,11-17H2,1-4H3;2*1H/t19-,20+,23?;;/m1../s1. The lowest BCUT2D eigenvalue weighted by molar-refractivity contribution is 0.00229. The van der Waals surface area contributed by atoms with Crippen LogP contribution in [0.5, 0.6) is 0 Å². The van der Waals surface area contributed by atoms with E-state index >= 15 is 0 Å². The molecule has 0 radical (unpaired) electrons. The number of nitrogens with zero attached hydrogens (tertiary/aromatic N) is 3. The number of fused-ring (bicyclic) bond motifs is 1. The average Bonchev–Trinajstić information content (AvgIpc) is 3.18. The molecule has 1 saturated heterocycles. The number of hydrogen-bond donors (Lipinski definition) is 2. The molecule has 10 heteroatoms. The first-order valence-corrected chi connectivity index (χ1v) is 12.1. The highest BCUT2D eigenvalue weighted by Gasteiger charge is 2.35. The van der Waals surface area contributed by atoms with Crippen LogP contribution in [0.4, 0.5) is 0 Å². The third-order valence-corrected chi connectivity index (χ3v) is 6.33. The van der Waals surface area contributed by atoms with Gasteiger partial charge in [0.1, 0.15) is 0 Å². The van der Waals surface area contributed by atoms with Crippen molar-refractivity contribution >= 4 is 41.8 Å². The number of carbonyl (C=O) groups is 1. The molecule has 3 atom stereocenters. The largest absolute Gasteiger partial charge is 0.390 e. The van der Waals surface area contributed by atoms with Gasteiger partial charge in [0.25, 0.3) is 5.91 Å². The van der Waals surface area contributed by atoms with E-state index in [0.29, 0.717) is 38.0 Å². The summed E-state index contributed by atoms with van der Waals surface area (Å²) in [7, 11) is 3.31. The Morgan fingerprint density at radius 1 is 1.20 bits per heavy atom. The summed E-state index contributed by atoms with van der Waals surface area (Å²) in [6.45, 7) is 8.06. The number of carbonyl (C=O) groups excluding carboxylic acids is 1. The lowest BCUT2D eigenvalue weighted by Gasteiger charge is -2.40. The third-order valence-electron chi connectivity index (χ3n) is 6.33. The SMILES string of the molecule is COCCCCn1c(C(=O)N(CC(C)C)[C@@H]2CNC[C@H](C(O)COC)C2)nc2ccccc21.Cl.Cl. The summed E-state index contributed by atoms with van der Waals surface area (Å²) >= 11 is 0. The summed E-state index contributed by atoms with van der Waals surface area (Å²) in [6, 6.07) is 7.93. The molecular weight excluding hydrogens is 491 g/mol. The Kier molecular flexibility index (Phi) is 14.1. The van der Waals surface area contributed by atoms with E-state index in [-0.39, 0.29) is 42.7 Å². The van der Waals surface area contributed by atoms with Crippen LogP contribution in [0.3, 0.4) is 0 Å². The van der Waals surface area contributed by atoms with Gasteiger partial charge < -0.3 is 29.4 Å². The Morgan fingerprint density at radius 2 is 1.94 bits per heavy atom. The predicted molar refractivity (Wildman–Crippen MR) is 144 cm³/mol. The van der Waals surface area contributed by atoms with Gasteiger partial charge in [-0.25, -0.2) is 4.98 Å². The maximum absolute atomic E-state index is 14.0. The van der Waals surface area contributed by atoms with E-state index in [1.54, 1.807) is 14.2 Å². The van der Waals surface area contributed by atoms with Gasteiger partial charge in [0.15, 0.2) is 5.82 Å². The number of unbranched alkanes of at least 4 members (excludes halogenated alkanes) is 1. The van der Waals surface area contributed by atoms with Crippen molar-refractivity contribution in [3.05, 3.63) is 30.1 Å². The number of para-hydroxylation sites is 2. The zero-order valence-corrected chi connectivity index (χ0v) is 22.9. The second-order valence-corrected chi connectivity index (χ2v) is 9.46. The molecule has 0 aliphatic carbocycles. The maximum atomic E-state index is 14.0. The van der Waals surface area contributed by atoms with Crippen molar-refractivity contribution in [3.63, 3.8) is 0 Å². The monoisotopic (exact) mass is 532 g/mol. The van der Waals surface area contributed by atoms with Crippen molar-refractivity contribution in [3.8, 4) is 0 Å². The fourth-order valence-electron chi connectivity index (χ4n) is 4.69. The molecule has 2 aromatic rings. The molecule has 35 heavy (non-hydrogen) atoms. The van der Waals surface area contributed by atoms with Gasteiger partial charge in [0, 0.05) is 59.0 Å². The highest BCUT2D eigenvalue weighted by Crippen LogP contribution is 2.24. The van der Waals surface area contributed by atoms with Crippen molar-refractivity contribution in [2.75, 3.05) is 47.1 Å². The lowest BCUT2D eigenvalue weighted by atomic mass is 9.89. The molecule has 1 unspecified atom stereocenters. The van der Waals surface area contributed by atoms with E-state index in [2.05, 4.69) is 23.7 Å². The first-order chi connectivity index (χ1) is 16.0. The van der Waals surface area contributed by atoms with Crippen molar-refractivity contribution in [1.82, 2.24) is 19.8 Å². The molecule has 2 heterocycles. The molecular formula is C25H42Cl2N4O4. The molecule has 3 rings (SSSR count). The van der Waals surface area contributed by atoms with Gasteiger partial charge in [-0.15, -0.1) is 24.8 Å². The first-order valence-electron chi connectivity index (χ1n) is 12.1. The molecule has 2 N–H and O–H groups in total. The second-order valence-electron chi connectivity index (χ2n) is 9.46. The van der Waals surface area contributed by atoms with E-state index in [1.807, 2.05) is 29.2 Å². The number of aliphatic hydroxyl groups excluding tert-OH is 1. The summed E-state index contributed by atoms with van der Waals surface area (Å²) < 4.78 is 12.4. The normalized spacial score (nSPS) is 18.7. The number of amides is 1. The number of nitrogens with one attached hydrogen (secondary N) is 1. The van der Waals surface area contributed by atoms with E-state index in [4.69, 9.17) is 14.5 Å². The van der Waals surface area contributed by atoms with Crippen LogP contribution in [0.25, 0.3) is 11.0 Å². The van der Waals surface area contributed by atoms with E-state index in [9.17, 15) is 9.90 Å². The van der Waals surface area contributed by atoms with Gasteiger partial charge in [-0.3, -0.25) is 4.79 Å². The first kappa shape index (κ1) is 31.6. The van der Waals surface area contributed by atoms with Gasteiger partial charge in [-0.1, -0.05) is 26.0 Å². The number of ether oxygens (including phenoxy) is 2. The highest BCUT2D eigenvalue weighted by atomic mass is 35.5. The van der Waals surface area contributed by atoms with Crippen LogP contribution >= 0.6 is 24.8 Å². The number of methoxy groups -OCH3 is 2. The molecule has 1 aliphatic rings. The molecule has 200 valence electrons. The topological polar surface area (TPSA) is 88.9 Å². The Bertz CT molecular complexity index is 895. The number of halogens is 2. The molecule has 1 aliphatic heterocycles. The van der Waals surface area contributed by atoms with Crippen LogP contribution in [0, 0.1) is 11.8 Å². The minimum Gasteiger partial charge on any atom is -0.390 e. The predicted octanol–water partition coefficient (Wildman–Crippen LogP) is 3.39. The van der Waals surface area contributed by atoms with Gasteiger partial charge in [0.2, 0.25) is 0 Å². The number of aromatic nitrogens is 2. The summed E-state index contributed by atoms with van der Waals surface area (Å²) in [4.78, 5) is 20.7. The van der Waals surface area contributed by atoms with E-state index in [0.717, 1.165) is 43.4 Å². The number of benzene rings is 1. The summed E-state index contributed by atoms with van der Waals surface area (Å²) in [5.41, 5.74) is 1.82. The van der Waals surface area contributed by atoms with Crippen LogP contribution < -0.4 is 5.32 Å². The van der Waals surface area contributed by atoms with E-state index < -0.39 is 6.10 Å². The van der Waals surface area contributed by atoms with Crippen LogP contribution in [0.15, 0.2) is 24.3 Å². The van der Waals surface area contributed by atoms with Crippen LogP contribution in [0.2, 0.25) is 0 Å². The van der Waals surface area contributed by atoms with Crippen LogP contribution in [-0.4, -0.2) is 84.7 Å². The minimum absolute atomic E-state index is 0.